The highest BCUT2D eigenvalue weighted by molar-refractivity contribution is 5.62. The molecule has 0 amide bonds. The number of hydrogen-bond donors (Lipinski definition) is 2. The summed E-state index contributed by atoms with van der Waals surface area (Å²) in [5.74, 6) is 0.891. The third kappa shape index (κ3) is 2.76. The molecule has 1 unspecified atom stereocenters. The van der Waals surface area contributed by atoms with Crippen LogP contribution in [-0.4, -0.2) is 33.9 Å². The third-order valence-electron chi connectivity index (χ3n) is 3.55. The fraction of sp³-hybridized carbons (Fsp3) is 0.429. The first-order valence-corrected chi connectivity index (χ1v) is 6.74. The SMILES string of the molecule is Cn1cnnc1-c1cccc(NCC2CCCN2)c1. The summed E-state index contributed by atoms with van der Waals surface area (Å²) in [6.45, 7) is 2.12. The van der Waals surface area contributed by atoms with Crippen LogP contribution in [0.1, 0.15) is 12.8 Å². The minimum Gasteiger partial charge on any atom is -0.383 e. The highest BCUT2D eigenvalue weighted by Crippen LogP contribution is 2.20. The van der Waals surface area contributed by atoms with E-state index >= 15 is 0 Å². The van der Waals surface area contributed by atoms with Gasteiger partial charge in [-0.1, -0.05) is 12.1 Å². The van der Waals surface area contributed by atoms with E-state index in [4.69, 9.17) is 0 Å². The van der Waals surface area contributed by atoms with E-state index in [2.05, 4.69) is 45.1 Å². The van der Waals surface area contributed by atoms with Gasteiger partial charge in [-0.3, -0.25) is 0 Å². The van der Waals surface area contributed by atoms with Crippen molar-refractivity contribution in [3.8, 4) is 11.4 Å². The summed E-state index contributed by atoms with van der Waals surface area (Å²) in [7, 11) is 1.96. The number of aromatic nitrogens is 3. The summed E-state index contributed by atoms with van der Waals surface area (Å²) in [5, 5.41) is 15.0. The molecule has 5 nitrogen and oxygen atoms in total. The van der Waals surface area contributed by atoms with Gasteiger partial charge < -0.3 is 15.2 Å². The van der Waals surface area contributed by atoms with Crippen molar-refractivity contribution in [2.45, 2.75) is 18.9 Å². The maximum absolute atomic E-state index is 4.14. The Labute approximate surface area is 113 Å². The van der Waals surface area contributed by atoms with Crippen molar-refractivity contribution in [1.29, 1.82) is 0 Å². The number of aryl methyl sites for hydroxylation is 1. The van der Waals surface area contributed by atoms with Crippen molar-refractivity contribution in [3.63, 3.8) is 0 Å². The molecule has 0 aliphatic carbocycles. The summed E-state index contributed by atoms with van der Waals surface area (Å²) in [6.07, 6.45) is 4.26. The predicted molar refractivity (Wildman–Crippen MR) is 76.0 cm³/mol. The van der Waals surface area contributed by atoms with Gasteiger partial charge in [0.2, 0.25) is 0 Å². The average molecular weight is 257 g/mol. The average Bonchev–Trinajstić information content (AvgIpc) is 3.08. The normalized spacial score (nSPS) is 18.7. The van der Waals surface area contributed by atoms with Crippen LogP contribution >= 0.6 is 0 Å². The van der Waals surface area contributed by atoms with Gasteiger partial charge in [0.25, 0.3) is 0 Å². The number of benzene rings is 1. The van der Waals surface area contributed by atoms with Crippen LogP contribution in [0.2, 0.25) is 0 Å². The zero-order chi connectivity index (χ0) is 13.1. The number of hydrogen-bond acceptors (Lipinski definition) is 4. The number of nitrogens with one attached hydrogen (secondary N) is 2. The van der Waals surface area contributed by atoms with Gasteiger partial charge in [0.15, 0.2) is 5.82 Å². The van der Waals surface area contributed by atoms with Gasteiger partial charge in [0.1, 0.15) is 6.33 Å². The molecule has 1 atom stereocenters. The van der Waals surface area contributed by atoms with E-state index in [1.807, 2.05) is 11.6 Å². The highest BCUT2D eigenvalue weighted by Gasteiger charge is 2.13. The molecule has 0 saturated carbocycles. The minimum atomic E-state index is 0.596. The molecule has 1 fully saturated rings. The Kier molecular flexibility index (Phi) is 3.46. The lowest BCUT2D eigenvalue weighted by Gasteiger charge is -2.13. The zero-order valence-corrected chi connectivity index (χ0v) is 11.1. The van der Waals surface area contributed by atoms with E-state index in [1.54, 1.807) is 6.33 Å². The molecular formula is C14H19N5. The highest BCUT2D eigenvalue weighted by atomic mass is 15.2. The molecule has 0 radical (unpaired) electrons. The van der Waals surface area contributed by atoms with Crippen LogP contribution in [-0.2, 0) is 7.05 Å². The van der Waals surface area contributed by atoms with Crippen molar-refractivity contribution < 1.29 is 0 Å². The van der Waals surface area contributed by atoms with Crippen LogP contribution in [0.5, 0.6) is 0 Å². The van der Waals surface area contributed by atoms with Gasteiger partial charge in [-0.15, -0.1) is 10.2 Å². The first-order chi connectivity index (χ1) is 9.33. The molecule has 1 saturated heterocycles. The standard InChI is InChI=1S/C14H19N5/c1-19-10-17-18-14(19)11-4-2-5-12(8-11)16-9-13-6-3-7-15-13/h2,4-5,8,10,13,15-16H,3,6-7,9H2,1H3. The van der Waals surface area contributed by atoms with E-state index in [0.29, 0.717) is 6.04 Å². The Bertz CT molecular complexity index is 542. The van der Waals surface area contributed by atoms with Crippen molar-refractivity contribution in [1.82, 2.24) is 20.1 Å². The second-order valence-corrected chi connectivity index (χ2v) is 5.02. The monoisotopic (exact) mass is 257 g/mol. The van der Waals surface area contributed by atoms with Crippen LogP contribution in [0.25, 0.3) is 11.4 Å². The summed E-state index contributed by atoms with van der Waals surface area (Å²) in [5.41, 5.74) is 2.22. The Morgan fingerprint density at radius 2 is 2.42 bits per heavy atom. The molecule has 100 valence electrons. The van der Waals surface area contributed by atoms with Crippen molar-refractivity contribution in [3.05, 3.63) is 30.6 Å². The smallest absolute Gasteiger partial charge is 0.163 e. The molecule has 3 rings (SSSR count). The summed E-state index contributed by atoms with van der Waals surface area (Å²) < 4.78 is 1.93. The lowest BCUT2D eigenvalue weighted by atomic mass is 10.1. The molecule has 1 aliphatic heterocycles. The summed E-state index contributed by atoms with van der Waals surface area (Å²) in [4.78, 5) is 0. The Hall–Kier alpha value is -1.88. The van der Waals surface area contributed by atoms with Crippen LogP contribution < -0.4 is 10.6 Å². The fourth-order valence-corrected chi connectivity index (χ4v) is 2.48. The van der Waals surface area contributed by atoms with Crippen molar-refractivity contribution >= 4 is 5.69 Å². The van der Waals surface area contributed by atoms with Crippen LogP contribution in [0.15, 0.2) is 30.6 Å². The quantitative estimate of drug-likeness (QED) is 0.874. The predicted octanol–water partition coefficient (Wildman–Crippen LogP) is 1.65. The molecule has 2 heterocycles. The first-order valence-electron chi connectivity index (χ1n) is 6.74. The van der Waals surface area contributed by atoms with E-state index in [9.17, 15) is 0 Å². The van der Waals surface area contributed by atoms with Gasteiger partial charge >= 0.3 is 0 Å². The van der Waals surface area contributed by atoms with Gasteiger partial charge in [0, 0.05) is 30.9 Å². The van der Waals surface area contributed by atoms with E-state index in [0.717, 1.165) is 30.2 Å². The number of anilines is 1. The first kappa shape index (κ1) is 12.2. The molecule has 2 aromatic rings. The molecule has 0 spiro atoms. The van der Waals surface area contributed by atoms with Gasteiger partial charge in [-0.25, -0.2) is 0 Å². The molecule has 1 aliphatic rings. The Morgan fingerprint density at radius 3 is 3.16 bits per heavy atom. The Balaban J connectivity index is 1.71. The molecule has 1 aromatic carbocycles. The molecule has 1 aromatic heterocycles. The fourth-order valence-electron chi connectivity index (χ4n) is 2.48. The van der Waals surface area contributed by atoms with Crippen LogP contribution in [0.3, 0.4) is 0 Å². The molecule has 5 heteroatoms. The van der Waals surface area contributed by atoms with E-state index in [1.165, 1.54) is 12.8 Å². The molecule has 0 bridgehead atoms. The number of rotatable bonds is 4. The van der Waals surface area contributed by atoms with Gasteiger partial charge in [-0.05, 0) is 31.5 Å². The molecule has 2 N–H and O–H groups in total. The van der Waals surface area contributed by atoms with E-state index in [-0.39, 0.29) is 0 Å². The summed E-state index contributed by atoms with van der Waals surface area (Å²) in [6, 6.07) is 8.92. The maximum atomic E-state index is 4.14. The van der Waals surface area contributed by atoms with Crippen molar-refractivity contribution in [2.24, 2.45) is 7.05 Å². The lowest BCUT2D eigenvalue weighted by molar-refractivity contribution is 0.633. The topological polar surface area (TPSA) is 54.8 Å². The van der Waals surface area contributed by atoms with Crippen molar-refractivity contribution in [2.75, 3.05) is 18.4 Å². The number of nitrogens with zero attached hydrogens (tertiary/aromatic N) is 3. The lowest BCUT2D eigenvalue weighted by Crippen LogP contribution is -2.29. The third-order valence-corrected chi connectivity index (χ3v) is 3.55. The summed E-state index contributed by atoms with van der Waals surface area (Å²) >= 11 is 0. The second-order valence-electron chi connectivity index (χ2n) is 5.02. The van der Waals surface area contributed by atoms with Gasteiger partial charge in [-0.2, -0.15) is 0 Å². The van der Waals surface area contributed by atoms with Gasteiger partial charge in [0.05, 0.1) is 0 Å². The van der Waals surface area contributed by atoms with Crippen LogP contribution in [0, 0.1) is 0 Å². The molecule has 19 heavy (non-hydrogen) atoms. The van der Waals surface area contributed by atoms with Crippen LogP contribution in [0.4, 0.5) is 5.69 Å². The second kappa shape index (κ2) is 5.40. The molecular weight excluding hydrogens is 238 g/mol. The maximum Gasteiger partial charge on any atom is 0.163 e. The Morgan fingerprint density at radius 1 is 1.47 bits per heavy atom. The zero-order valence-electron chi connectivity index (χ0n) is 11.1. The van der Waals surface area contributed by atoms with E-state index < -0.39 is 0 Å². The minimum absolute atomic E-state index is 0.596. The largest absolute Gasteiger partial charge is 0.383 e.